The fraction of sp³-hybridized carbons (Fsp3) is 0.308. The highest BCUT2D eigenvalue weighted by molar-refractivity contribution is 5.81. The first-order valence-electron chi connectivity index (χ1n) is 5.51. The van der Waals surface area contributed by atoms with Gasteiger partial charge in [-0.1, -0.05) is 12.1 Å². The van der Waals surface area contributed by atoms with Gasteiger partial charge in [-0.2, -0.15) is 0 Å². The van der Waals surface area contributed by atoms with Gasteiger partial charge >= 0.3 is 5.97 Å². The number of carbonyl (C=O) groups is 1. The molecule has 1 aromatic carbocycles. The van der Waals surface area contributed by atoms with Gasteiger partial charge in [-0.15, -0.1) is 0 Å². The van der Waals surface area contributed by atoms with Gasteiger partial charge in [0, 0.05) is 12.1 Å². The Morgan fingerprint density at radius 3 is 2.89 bits per heavy atom. The van der Waals surface area contributed by atoms with E-state index < -0.39 is 12.1 Å². The summed E-state index contributed by atoms with van der Waals surface area (Å²) >= 11 is 0. The summed E-state index contributed by atoms with van der Waals surface area (Å²) in [6.45, 7) is 1.54. The zero-order valence-electron chi connectivity index (χ0n) is 10.1. The molecule has 0 fully saturated rings. The van der Waals surface area contributed by atoms with Crippen LogP contribution in [0.3, 0.4) is 0 Å². The molecule has 0 heterocycles. The predicted molar refractivity (Wildman–Crippen MR) is 65.4 cm³/mol. The SMILES string of the molecule is CC=CC(=O)OCC(O)COc1cccc(O)c1. The number of phenols is 1. The van der Waals surface area contributed by atoms with E-state index in [0.29, 0.717) is 5.75 Å². The molecule has 0 saturated heterocycles. The number of aliphatic hydroxyl groups is 1. The summed E-state index contributed by atoms with van der Waals surface area (Å²) in [6.07, 6.45) is 1.90. The van der Waals surface area contributed by atoms with Crippen molar-refractivity contribution in [2.75, 3.05) is 13.2 Å². The van der Waals surface area contributed by atoms with Gasteiger partial charge in [-0.05, 0) is 19.1 Å². The molecule has 0 radical (unpaired) electrons. The lowest BCUT2D eigenvalue weighted by atomic mass is 10.3. The lowest BCUT2D eigenvalue weighted by Gasteiger charge is -2.12. The van der Waals surface area contributed by atoms with Crippen molar-refractivity contribution >= 4 is 5.97 Å². The van der Waals surface area contributed by atoms with Gasteiger partial charge in [0.25, 0.3) is 0 Å². The Bertz CT molecular complexity index is 414. The summed E-state index contributed by atoms with van der Waals surface area (Å²) in [7, 11) is 0. The van der Waals surface area contributed by atoms with Crippen LogP contribution in [0.1, 0.15) is 6.92 Å². The van der Waals surface area contributed by atoms with Crippen molar-refractivity contribution < 1.29 is 24.5 Å². The number of esters is 1. The van der Waals surface area contributed by atoms with E-state index in [-0.39, 0.29) is 19.0 Å². The molecule has 0 amide bonds. The average molecular weight is 252 g/mol. The third-order valence-corrected chi connectivity index (χ3v) is 1.98. The zero-order chi connectivity index (χ0) is 13.4. The minimum atomic E-state index is -0.915. The maximum atomic E-state index is 11.0. The van der Waals surface area contributed by atoms with Gasteiger partial charge in [-0.3, -0.25) is 0 Å². The summed E-state index contributed by atoms with van der Waals surface area (Å²) in [6, 6.07) is 6.22. The predicted octanol–water partition coefficient (Wildman–Crippen LogP) is 1.25. The fourth-order valence-corrected chi connectivity index (χ4v) is 1.18. The summed E-state index contributed by atoms with van der Waals surface area (Å²) in [5.41, 5.74) is 0. The smallest absolute Gasteiger partial charge is 0.330 e. The Morgan fingerprint density at radius 2 is 2.22 bits per heavy atom. The molecule has 5 nitrogen and oxygen atoms in total. The van der Waals surface area contributed by atoms with E-state index in [1.807, 2.05) is 0 Å². The quantitative estimate of drug-likeness (QED) is 0.588. The van der Waals surface area contributed by atoms with Gasteiger partial charge in [0.05, 0.1) is 0 Å². The highest BCUT2D eigenvalue weighted by Gasteiger charge is 2.08. The zero-order valence-corrected chi connectivity index (χ0v) is 10.1. The van der Waals surface area contributed by atoms with Crippen LogP contribution in [0.4, 0.5) is 0 Å². The lowest BCUT2D eigenvalue weighted by molar-refractivity contribution is -0.141. The molecular formula is C13H16O5. The molecule has 0 aromatic heterocycles. The van der Waals surface area contributed by atoms with Crippen molar-refractivity contribution in [2.45, 2.75) is 13.0 Å². The number of hydrogen-bond acceptors (Lipinski definition) is 5. The number of allylic oxidation sites excluding steroid dienone is 1. The molecule has 1 rings (SSSR count). The van der Waals surface area contributed by atoms with Crippen molar-refractivity contribution in [3.05, 3.63) is 36.4 Å². The number of rotatable bonds is 6. The number of carbonyl (C=O) groups excluding carboxylic acids is 1. The molecule has 1 aromatic rings. The van der Waals surface area contributed by atoms with Crippen LogP contribution >= 0.6 is 0 Å². The molecule has 1 atom stereocenters. The number of hydrogen-bond donors (Lipinski definition) is 2. The Hall–Kier alpha value is -2.01. The second kappa shape index (κ2) is 7.34. The molecule has 1 unspecified atom stereocenters. The third kappa shape index (κ3) is 5.36. The van der Waals surface area contributed by atoms with Crippen LogP contribution < -0.4 is 4.74 Å². The van der Waals surface area contributed by atoms with Gasteiger partial charge in [0.15, 0.2) is 0 Å². The van der Waals surface area contributed by atoms with Crippen LogP contribution in [0.15, 0.2) is 36.4 Å². The maximum absolute atomic E-state index is 11.0. The van der Waals surface area contributed by atoms with Crippen LogP contribution in [0.25, 0.3) is 0 Å². The summed E-state index contributed by atoms with van der Waals surface area (Å²) < 4.78 is 9.97. The van der Waals surface area contributed by atoms with E-state index in [1.54, 1.807) is 25.1 Å². The van der Waals surface area contributed by atoms with Crippen molar-refractivity contribution in [2.24, 2.45) is 0 Å². The first kappa shape index (κ1) is 14.1. The third-order valence-electron chi connectivity index (χ3n) is 1.98. The van der Waals surface area contributed by atoms with Crippen molar-refractivity contribution in [1.82, 2.24) is 0 Å². The van der Waals surface area contributed by atoms with E-state index in [2.05, 4.69) is 0 Å². The molecule has 0 aliphatic heterocycles. The summed E-state index contributed by atoms with van der Waals surface area (Å²) in [4.78, 5) is 11.0. The minimum Gasteiger partial charge on any atom is -0.508 e. The van der Waals surface area contributed by atoms with Crippen LogP contribution in [0, 0.1) is 0 Å². The van der Waals surface area contributed by atoms with Crippen molar-refractivity contribution in [1.29, 1.82) is 0 Å². The Labute approximate surface area is 105 Å². The molecule has 0 bridgehead atoms. The standard InChI is InChI=1S/C13H16O5/c1-2-4-13(16)18-9-11(15)8-17-12-6-3-5-10(14)7-12/h2-7,11,14-15H,8-9H2,1H3. The van der Waals surface area contributed by atoms with E-state index in [1.165, 1.54) is 18.2 Å². The molecular weight excluding hydrogens is 236 g/mol. The Balaban J connectivity index is 2.29. The minimum absolute atomic E-state index is 0.0213. The van der Waals surface area contributed by atoms with Crippen molar-refractivity contribution in [3.63, 3.8) is 0 Å². The molecule has 5 heteroatoms. The average Bonchev–Trinajstić information content (AvgIpc) is 2.34. The van der Waals surface area contributed by atoms with Gasteiger partial charge in [-0.25, -0.2) is 4.79 Å². The first-order valence-corrected chi connectivity index (χ1v) is 5.51. The number of benzene rings is 1. The number of aliphatic hydroxyl groups excluding tert-OH is 1. The molecule has 0 spiro atoms. The number of phenolic OH excluding ortho intramolecular Hbond substituents is 1. The maximum Gasteiger partial charge on any atom is 0.330 e. The van der Waals surface area contributed by atoms with Crippen molar-refractivity contribution in [3.8, 4) is 11.5 Å². The molecule has 0 aliphatic rings. The van der Waals surface area contributed by atoms with Crippen LogP contribution in [-0.4, -0.2) is 35.5 Å². The number of ether oxygens (including phenoxy) is 2. The van der Waals surface area contributed by atoms with Crippen LogP contribution in [0.2, 0.25) is 0 Å². The van der Waals surface area contributed by atoms with Crippen LogP contribution in [-0.2, 0) is 9.53 Å². The normalized spacial score (nSPS) is 12.3. The first-order chi connectivity index (χ1) is 8.61. The van der Waals surface area contributed by atoms with E-state index in [0.717, 1.165) is 0 Å². The second-order valence-corrected chi connectivity index (χ2v) is 3.59. The Kier molecular flexibility index (Phi) is 5.73. The highest BCUT2D eigenvalue weighted by Crippen LogP contribution is 2.17. The molecule has 2 N–H and O–H groups in total. The Morgan fingerprint density at radius 1 is 1.44 bits per heavy atom. The highest BCUT2D eigenvalue weighted by atomic mass is 16.5. The number of aromatic hydroxyl groups is 1. The monoisotopic (exact) mass is 252 g/mol. The largest absolute Gasteiger partial charge is 0.508 e. The second-order valence-electron chi connectivity index (χ2n) is 3.59. The van der Waals surface area contributed by atoms with Gasteiger partial charge < -0.3 is 19.7 Å². The lowest BCUT2D eigenvalue weighted by Crippen LogP contribution is -2.24. The summed E-state index contributed by atoms with van der Waals surface area (Å²) in [5.74, 6) is 0.0178. The molecule has 0 aliphatic carbocycles. The van der Waals surface area contributed by atoms with Crippen LogP contribution in [0.5, 0.6) is 11.5 Å². The van der Waals surface area contributed by atoms with Gasteiger partial charge in [0.2, 0.25) is 0 Å². The van der Waals surface area contributed by atoms with E-state index >= 15 is 0 Å². The summed E-state index contributed by atoms with van der Waals surface area (Å²) in [5, 5.41) is 18.7. The van der Waals surface area contributed by atoms with E-state index in [4.69, 9.17) is 9.47 Å². The van der Waals surface area contributed by atoms with E-state index in [9.17, 15) is 15.0 Å². The molecule has 18 heavy (non-hydrogen) atoms. The molecule has 98 valence electrons. The fourth-order valence-electron chi connectivity index (χ4n) is 1.18. The van der Waals surface area contributed by atoms with Gasteiger partial charge in [0.1, 0.15) is 30.8 Å². The molecule has 0 saturated carbocycles. The topological polar surface area (TPSA) is 76.0 Å².